The Morgan fingerprint density at radius 3 is 2.79 bits per heavy atom. The molecule has 0 spiro atoms. The van der Waals surface area contributed by atoms with Gasteiger partial charge in [0.1, 0.15) is 0 Å². The number of rotatable bonds is 5. The van der Waals surface area contributed by atoms with E-state index >= 15 is 0 Å². The van der Waals surface area contributed by atoms with Crippen molar-refractivity contribution in [2.45, 2.75) is 25.6 Å². The van der Waals surface area contributed by atoms with Crippen LogP contribution >= 0.6 is 20.8 Å². The third-order valence-electron chi connectivity index (χ3n) is 4.40. The molecule has 1 aromatic heterocycles. The lowest BCUT2D eigenvalue weighted by Crippen LogP contribution is -2.19. The Hall–Kier alpha value is -2.50. The number of aromatic nitrogens is 2. The molecule has 0 fully saturated rings. The molecule has 0 saturated heterocycles. The number of nitrogens with zero attached hydrogens (tertiary/aromatic N) is 2. The molecule has 0 saturated carbocycles. The Bertz CT molecular complexity index is 1090. The summed E-state index contributed by atoms with van der Waals surface area (Å²) in [6.45, 7) is 2.23. The first-order valence-corrected chi connectivity index (χ1v) is 9.68. The Morgan fingerprint density at radius 2 is 2.10 bits per heavy atom. The quantitative estimate of drug-likeness (QED) is 0.675. The van der Waals surface area contributed by atoms with E-state index in [4.69, 9.17) is 11.6 Å². The highest BCUT2D eigenvalue weighted by Gasteiger charge is 2.31. The first kappa shape index (κ1) is 21.2. The van der Waals surface area contributed by atoms with Crippen molar-refractivity contribution in [3.05, 3.63) is 86.5 Å². The maximum absolute atomic E-state index is 13.9. The SMILES string of the molecule is Cc1ccccc1Cn1cc(O)c(=O)nc1NC1=C(Cl)C(C(F)(F)P)=CCC=C1. The van der Waals surface area contributed by atoms with E-state index in [0.29, 0.717) is 6.54 Å². The fraction of sp³-hybridized carbons (Fsp3) is 0.200. The number of benzene rings is 1. The van der Waals surface area contributed by atoms with Crippen molar-refractivity contribution in [1.82, 2.24) is 9.55 Å². The van der Waals surface area contributed by atoms with Gasteiger partial charge in [0.15, 0.2) is 5.75 Å². The second-order valence-electron chi connectivity index (χ2n) is 6.54. The maximum Gasteiger partial charge on any atom is 0.316 e. The van der Waals surface area contributed by atoms with Gasteiger partial charge in [-0.05, 0) is 30.5 Å². The zero-order chi connectivity index (χ0) is 21.2. The molecule has 9 heteroatoms. The second kappa shape index (κ2) is 8.47. The topological polar surface area (TPSA) is 67.2 Å². The summed E-state index contributed by atoms with van der Waals surface area (Å²) in [4.78, 5) is 15.8. The summed E-state index contributed by atoms with van der Waals surface area (Å²) in [5.41, 5.74) is -2.27. The van der Waals surface area contributed by atoms with Gasteiger partial charge < -0.3 is 15.0 Å². The first-order chi connectivity index (χ1) is 13.7. The molecule has 0 radical (unpaired) electrons. The molecule has 2 N–H and O–H groups in total. The smallest absolute Gasteiger partial charge is 0.316 e. The fourth-order valence-corrected chi connectivity index (χ4v) is 3.52. The molecule has 1 atom stereocenters. The molecule has 2 aromatic rings. The predicted octanol–water partition coefficient (Wildman–Crippen LogP) is 4.52. The molecule has 1 aliphatic carbocycles. The standard InChI is InChI=1S/C20H19ClF2N3O2P/c1-12-6-2-3-7-13(12)10-26-11-16(27)18(28)25-19(26)24-15-9-5-4-8-14(17(15)21)20(22,23)29/h2-3,5-9,11,27H,4,10,29H2,1H3,(H,24,25,28). The highest BCUT2D eigenvalue weighted by Crippen LogP contribution is 2.40. The van der Waals surface area contributed by atoms with Crippen molar-refractivity contribution < 1.29 is 13.9 Å². The lowest BCUT2D eigenvalue weighted by molar-refractivity contribution is 0.150. The third-order valence-corrected chi connectivity index (χ3v) is 5.12. The summed E-state index contributed by atoms with van der Waals surface area (Å²) in [7, 11) is 1.47. The van der Waals surface area contributed by atoms with Crippen molar-refractivity contribution in [3.63, 3.8) is 0 Å². The average molecular weight is 438 g/mol. The number of alkyl halides is 2. The summed E-state index contributed by atoms with van der Waals surface area (Å²) in [6.07, 6.45) is 6.09. The number of allylic oxidation sites excluding steroid dienone is 5. The minimum atomic E-state index is -3.21. The molecule has 152 valence electrons. The number of hydrogen-bond acceptors (Lipinski definition) is 4. The lowest BCUT2D eigenvalue weighted by atomic mass is 10.1. The van der Waals surface area contributed by atoms with Crippen LogP contribution in [-0.2, 0) is 6.54 Å². The Balaban J connectivity index is 2.05. The zero-order valence-electron chi connectivity index (χ0n) is 15.5. The third kappa shape index (κ3) is 4.92. The van der Waals surface area contributed by atoms with Crippen LogP contribution in [-0.4, -0.2) is 20.3 Å². The van der Waals surface area contributed by atoms with Crippen LogP contribution in [0.2, 0.25) is 0 Å². The van der Waals surface area contributed by atoms with Gasteiger partial charge in [0, 0.05) is 5.57 Å². The molecule has 1 unspecified atom stereocenters. The van der Waals surface area contributed by atoms with Crippen LogP contribution < -0.4 is 10.9 Å². The van der Waals surface area contributed by atoms with E-state index < -0.39 is 17.0 Å². The van der Waals surface area contributed by atoms with Gasteiger partial charge in [0.2, 0.25) is 5.95 Å². The summed E-state index contributed by atoms with van der Waals surface area (Å²) >= 11 is 6.24. The Kier molecular flexibility index (Phi) is 6.20. The van der Waals surface area contributed by atoms with Crippen LogP contribution in [0.25, 0.3) is 0 Å². The normalized spacial score (nSPS) is 14.6. The number of aryl methyl sites for hydroxylation is 1. The second-order valence-corrected chi connectivity index (χ2v) is 7.64. The van der Waals surface area contributed by atoms with Gasteiger partial charge in [-0.15, -0.1) is 0 Å². The highest BCUT2D eigenvalue weighted by molar-refractivity contribution is 7.18. The van der Waals surface area contributed by atoms with Gasteiger partial charge in [-0.3, -0.25) is 4.79 Å². The van der Waals surface area contributed by atoms with E-state index in [-0.39, 0.29) is 28.7 Å². The molecule has 0 bridgehead atoms. The molecule has 1 aliphatic rings. The van der Waals surface area contributed by atoms with Gasteiger partial charge in [-0.25, -0.2) is 0 Å². The van der Waals surface area contributed by atoms with Gasteiger partial charge in [0.25, 0.3) is 5.66 Å². The zero-order valence-corrected chi connectivity index (χ0v) is 17.4. The number of hydrogen-bond donors (Lipinski definition) is 2. The van der Waals surface area contributed by atoms with E-state index in [1.165, 1.54) is 26.1 Å². The van der Waals surface area contributed by atoms with E-state index in [9.17, 15) is 18.7 Å². The minimum absolute atomic E-state index is 0.0715. The molecular formula is C20H19ClF2N3O2P. The van der Waals surface area contributed by atoms with Crippen LogP contribution in [0, 0.1) is 6.92 Å². The van der Waals surface area contributed by atoms with E-state index in [2.05, 4.69) is 10.3 Å². The molecule has 3 rings (SSSR count). The van der Waals surface area contributed by atoms with Gasteiger partial charge in [0.05, 0.1) is 23.5 Å². The van der Waals surface area contributed by atoms with Crippen LogP contribution in [0.3, 0.4) is 0 Å². The van der Waals surface area contributed by atoms with Gasteiger partial charge in [-0.1, -0.05) is 57.3 Å². The first-order valence-electron chi connectivity index (χ1n) is 8.73. The van der Waals surface area contributed by atoms with E-state index in [1.807, 2.05) is 31.2 Å². The number of anilines is 1. The summed E-state index contributed by atoms with van der Waals surface area (Å²) in [6, 6.07) is 7.61. The number of halogens is 3. The van der Waals surface area contributed by atoms with E-state index in [1.54, 1.807) is 12.2 Å². The van der Waals surface area contributed by atoms with Crippen molar-refractivity contribution in [2.24, 2.45) is 0 Å². The van der Waals surface area contributed by atoms with Crippen molar-refractivity contribution in [1.29, 1.82) is 0 Å². The molecule has 0 amide bonds. The lowest BCUT2D eigenvalue weighted by Gasteiger charge is -2.19. The van der Waals surface area contributed by atoms with E-state index in [0.717, 1.165) is 11.1 Å². The maximum atomic E-state index is 13.9. The largest absolute Gasteiger partial charge is 0.502 e. The summed E-state index contributed by atoms with van der Waals surface area (Å²) in [5.74, 6) is -0.445. The summed E-state index contributed by atoms with van der Waals surface area (Å²) < 4.78 is 29.3. The molecule has 29 heavy (non-hydrogen) atoms. The average Bonchev–Trinajstić information content (AvgIpc) is 2.83. The Morgan fingerprint density at radius 1 is 1.38 bits per heavy atom. The van der Waals surface area contributed by atoms with Crippen LogP contribution in [0.15, 0.2) is 69.8 Å². The van der Waals surface area contributed by atoms with Crippen LogP contribution in [0.5, 0.6) is 5.75 Å². The van der Waals surface area contributed by atoms with Crippen molar-refractivity contribution in [3.8, 4) is 5.75 Å². The highest BCUT2D eigenvalue weighted by atomic mass is 35.5. The van der Waals surface area contributed by atoms with Gasteiger partial charge in [-0.2, -0.15) is 13.8 Å². The monoisotopic (exact) mass is 437 g/mol. The predicted molar refractivity (Wildman–Crippen MR) is 113 cm³/mol. The van der Waals surface area contributed by atoms with Gasteiger partial charge >= 0.3 is 5.56 Å². The molecule has 0 aliphatic heterocycles. The molecule has 1 aromatic carbocycles. The van der Waals surface area contributed by atoms with Crippen LogP contribution in [0.1, 0.15) is 17.5 Å². The molecule has 5 nitrogen and oxygen atoms in total. The summed E-state index contributed by atoms with van der Waals surface area (Å²) in [5, 5.41) is 12.5. The fourth-order valence-electron chi connectivity index (χ4n) is 2.85. The molecular weight excluding hydrogens is 419 g/mol. The molecule has 1 heterocycles. The number of nitrogens with one attached hydrogen (secondary N) is 1. The Labute approximate surface area is 173 Å². The minimum Gasteiger partial charge on any atom is -0.502 e. The van der Waals surface area contributed by atoms with Crippen LogP contribution in [0.4, 0.5) is 14.7 Å². The number of aromatic hydroxyl groups is 1. The van der Waals surface area contributed by atoms with Crippen molar-refractivity contribution in [2.75, 3.05) is 5.32 Å². The van der Waals surface area contributed by atoms with Crippen molar-refractivity contribution >= 4 is 26.8 Å².